The third kappa shape index (κ3) is 2.28. The van der Waals surface area contributed by atoms with E-state index in [0.29, 0.717) is 5.92 Å². The molecule has 2 heterocycles. The molecule has 1 saturated heterocycles. The molecule has 4 atom stereocenters. The lowest BCUT2D eigenvalue weighted by molar-refractivity contribution is 0.00513. The van der Waals surface area contributed by atoms with Gasteiger partial charge in [-0.3, -0.25) is 0 Å². The molecule has 19 heavy (non-hydrogen) atoms. The van der Waals surface area contributed by atoms with E-state index in [1.807, 2.05) is 26.0 Å². The Morgan fingerprint density at radius 2 is 2.37 bits per heavy atom. The van der Waals surface area contributed by atoms with Crippen molar-refractivity contribution in [3.8, 4) is 5.75 Å². The molecule has 5 heteroatoms. The highest BCUT2D eigenvalue weighted by Gasteiger charge is 2.52. The molecule has 104 valence electrons. The maximum absolute atomic E-state index is 6.20. The first-order valence-electron chi connectivity index (χ1n) is 6.92. The van der Waals surface area contributed by atoms with Crippen molar-refractivity contribution in [2.24, 2.45) is 11.7 Å². The number of fused-ring (bicyclic) bond motifs is 1. The van der Waals surface area contributed by atoms with Gasteiger partial charge in [-0.25, -0.2) is 4.98 Å². The van der Waals surface area contributed by atoms with Crippen LogP contribution in [0, 0.1) is 5.92 Å². The van der Waals surface area contributed by atoms with Crippen molar-refractivity contribution in [2.75, 3.05) is 11.9 Å². The highest BCUT2D eigenvalue weighted by molar-refractivity contribution is 5.51. The molecule has 4 unspecified atom stereocenters. The Kier molecular flexibility index (Phi) is 3.33. The van der Waals surface area contributed by atoms with Gasteiger partial charge in [0.05, 0.1) is 18.2 Å². The highest BCUT2D eigenvalue weighted by atomic mass is 16.5. The molecule has 1 saturated carbocycles. The van der Waals surface area contributed by atoms with Crippen LogP contribution in [0.1, 0.15) is 20.3 Å². The third-order valence-corrected chi connectivity index (χ3v) is 3.88. The van der Waals surface area contributed by atoms with Crippen molar-refractivity contribution in [2.45, 2.75) is 44.6 Å². The maximum atomic E-state index is 6.20. The topological polar surface area (TPSA) is 69.4 Å². The molecular weight excluding hydrogens is 242 g/mol. The number of aromatic nitrogens is 1. The summed E-state index contributed by atoms with van der Waals surface area (Å²) in [5, 5.41) is 3.39. The highest BCUT2D eigenvalue weighted by Crippen LogP contribution is 2.40. The van der Waals surface area contributed by atoms with Gasteiger partial charge in [0.15, 0.2) is 11.6 Å². The van der Waals surface area contributed by atoms with Gasteiger partial charge in [0.25, 0.3) is 0 Å². The quantitative estimate of drug-likeness (QED) is 0.859. The summed E-state index contributed by atoms with van der Waals surface area (Å²) in [5.74, 6) is 2.02. The lowest BCUT2D eigenvalue weighted by Gasteiger charge is -2.45. The fourth-order valence-corrected chi connectivity index (χ4v) is 2.93. The summed E-state index contributed by atoms with van der Waals surface area (Å²) < 4.78 is 11.5. The first kappa shape index (κ1) is 12.7. The number of nitrogens with zero attached hydrogens (tertiary/aromatic N) is 1. The number of pyridine rings is 1. The average molecular weight is 263 g/mol. The Morgan fingerprint density at radius 1 is 1.53 bits per heavy atom. The van der Waals surface area contributed by atoms with Gasteiger partial charge in [0.2, 0.25) is 0 Å². The lowest BCUT2D eigenvalue weighted by Crippen LogP contribution is -2.65. The minimum Gasteiger partial charge on any atom is -0.487 e. The van der Waals surface area contributed by atoms with Crippen LogP contribution in [0.5, 0.6) is 5.75 Å². The Labute approximate surface area is 113 Å². The molecule has 1 aromatic heterocycles. The Hall–Kier alpha value is -1.33. The molecule has 2 aliphatic rings. The Bertz CT molecular complexity index is 452. The molecule has 3 rings (SSSR count). The summed E-state index contributed by atoms with van der Waals surface area (Å²) in [6.45, 7) is 4.82. The van der Waals surface area contributed by atoms with Crippen LogP contribution >= 0.6 is 0 Å². The number of hydrogen-bond donors (Lipinski definition) is 2. The van der Waals surface area contributed by atoms with Crippen LogP contribution in [0.15, 0.2) is 18.3 Å². The second-order valence-electron chi connectivity index (χ2n) is 5.55. The second-order valence-corrected chi connectivity index (χ2v) is 5.55. The van der Waals surface area contributed by atoms with E-state index in [9.17, 15) is 0 Å². The molecule has 0 bridgehead atoms. The standard InChI is InChI=1S/C14H21N3O2/c1-8(2)19-10-4-3-6-16-14(10)17-12-11(15)9-5-7-18-13(9)12/h3-4,6,8-9,11-13H,5,7,15H2,1-2H3,(H,16,17). The van der Waals surface area contributed by atoms with Gasteiger partial charge in [-0.15, -0.1) is 0 Å². The van der Waals surface area contributed by atoms with Crippen molar-refractivity contribution in [3.05, 3.63) is 18.3 Å². The molecule has 5 nitrogen and oxygen atoms in total. The number of rotatable bonds is 4. The molecule has 0 spiro atoms. The molecule has 0 radical (unpaired) electrons. The maximum Gasteiger partial charge on any atom is 0.169 e. The SMILES string of the molecule is CC(C)Oc1cccnc1NC1C(N)C2CCOC21. The number of anilines is 1. The minimum absolute atomic E-state index is 0.121. The zero-order valence-electron chi connectivity index (χ0n) is 11.4. The van der Waals surface area contributed by atoms with Crippen LogP contribution in [0.25, 0.3) is 0 Å². The first-order chi connectivity index (χ1) is 9.16. The number of hydrogen-bond acceptors (Lipinski definition) is 5. The number of ether oxygens (including phenoxy) is 2. The van der Waals surface area contributed by atoms with E-state index in [0.717, 1.165) is 24.6 Å². The third-order valence-electron chi connectivity index (χ3n) is 3.88. The first-order valence-corrected chi connectivity index (χ1v) is 6.92. The Balaban J connectivity index is 1.73. The zero-order valence-corrected chi connectivity index (χ0v) is 11.4. The van der Waals surface area contributed by atoms with Gasteiger partial charge in [-0.05, 0) is 32.4 Å². The van der Waals surface area contributed by atoms with Crippen molar-refractivity contribution < 1.29 is 9.47 Å². The van der Waals surface area contributed by atoms with Crippen LogP contribution in [-0.4, -0.2) is 35.9 Å². The molecule has 3 N–H and O–H groups in total. The van der Waals surface area contributed by atoms with E-state index < -0.39 is 0 Å². The predicted molar refractivity (Wildman–Crippen MR) is 73.2 cm³/mol. The van der Waals surface area contributed by atoms with Crippen molar-refractivity contribution in [1.29, 1.82) is 0 Å². The summed E-state index contributed by atoms with van der Waals surface area (Å²) in [7, 11) is 0. The number of nitrogens with two attached hydrogens (primary N) is 1. The fraction of sp³-hybridized carbons (Fsp3) is 0.643. The second kappa shape index (κ2) is 4.98. The summed E-state index contributed by atoms with van der Waals surface area (Å²) in [4.78, 5) is 4.35. The molecular formula is C14H21N3O2. The van der Waals surface area contributed by atoms with E-state index >= 15 is 0 Å². The van der Waals surface area contributed by atoms with Crippen molar-refractivity contribution >= 4 is 5.82 Å². The largest absolute Gasteiger partial charge is 0.487 e. The molecule has 0 amide bonds. The average Bonchev–Trinajstić information content (AvgIpc) is 2.81. The van der Waals surface area contributed by atoms with E-state index in [1.54, 1.807) is 6.20 Å². The van der Waals surface area contributed by atoms with Crippen LogP contribution in [0.4, 0.5) is 5.82 Å². The lowest BCUT2D eigenvalue weighted by atomic mass is 9.72. The van der Waals surface area contributed by atoms with Gasteiger partial charge in [-0.1, -0.05) is 0 Å². The summed E-state index contributed by atoms with van der Waals surface area (Å²) >= 11 is 0. The normalized spacial score (nSPS) is 32.8. The van der Waals surface area contributed by atoms with Gasteiger partial charge in [0.1, 0.15) is 0 Å². The van der Waals surface area contributed by atoms with E-state index in [-0.39, 0.29) is 24.3 Å². The fourth-order valence-electron chi connectivity index (χ4n) is 2.93. The van der Waals surface area contributed by atoms with Crippen LogP contribution in [0.3, 0.4) is 0 Å². The Morgan fingerprint density at radius 3 is 3.16 bits per heavy atom. The van der Waals surface area contributed by atoms with E-state index in [1.165, 1.54) is 0 Å². The van der Waals surface area contributed by atoms with Gasteiger partial charge in [0, 0.05) is 24.8 Å². The zero-order chi connectivity index (χ0) is 13.4. The van der Waals surface area contributed by atoms with Gasteiger partial charge in [-0.2, -0.15) is 0 Å². The molecule has 1 aromatic rings. The summed E-state index contributed by atoms with van der Waals surface area (Å²) in [5.41, 5.74) is 6.20. The predicted octanol–water partition coefficient (Wildman–Crippen LogP) is 1.40. The van der Waals surface area contributed by atoms with E-state index in [2.05, 4.69) is 10.3 Å². The van der Waals surface area contributed by atoms with Gasteiger partial charge < -0.3 is 20.5 Å². The monoisotopic (exact) mass is 263 g/mol. The van der Waals surface area contributed by atoms with Crippen molar-refractivity contribution in [1.82, 2.24) is 4.98 Å². The van der Waals surface area contributed by atoms with Crippen LogP contribution in [-0.2, 0) is 4.74 Å². The molecule has 2 fully saturated rings. The smallest absolute Gasteiger partial charge is 0.169 e. The minimum atomic E-state index is 0.121. The number of nitrogens with one attached hydrogen (secondary N) is 1. The van der Waals surface area contributed by atoms with Crippen LogP contribution in [0.2, 0.25) is 0 Å². The summed E-state index contributed by atoms with van der Waals surface area (Å²) in [6.07, 6.45) is 3.17. The molecule has 1 aliphatic heterocycles. The van der Waals surface area contributed by atoms with E-state index in [4.69, 9.17) is 15.2 Å². The van der Waals surface area contributed by atoms with Gasteiger partial charge >= 0.3 is 0 Å². The van der Waals surface area contributed by atoms with Crippen LogP contribution < -0.4 is 15.8 Å². The molecule has 1 aliphatic carbocycles. The summed E-state index contributed by atoms with van der Waals surface area (Å²) in [6, 6.07) is 4.07. The van der Waals surface area contributed by atoms with Crippen molar-refractivity contribution in [3.63, 3.8) is 0 Å². The molecule has 0 aromatic carbocycles.